The topological polar surface area (TPSA) is 142 Å². The van der Waals surface area contributed by atoms with Crippen molar-refractivity contribution in [1.29, 1.82) is 0 Å². The number of aliphatic hydroxyl groups excluding tert-OH is 1. The minimum atomic E-state index is -5.08. The first-order valence-electron chi connectivity index (χ1n) is 11.7. The summed E-state index contributed by atoms with van der Waals surface area (Å²) in [6, 6.07) is 6.53. The fraction of sp³-hybridized carbons (Fsp3) is 0.333. The molecule has 0 spiro atoms. The summed E-state index contributed by atoms with van der Waals surface area (Å²) in [6.45, 7) is 2.20. The number of carbonyl (C=O) groups is 2. The number of carboxylic acids is 1. The maximum atomic E-state index is 14.5. The van der Waals surface area contributed by atoms with E-state index in [0.717, 1.165) is 23.5 Å². The van der Waals surface area contributed by atoms with Crippen molar-refractivity contribution in [3.63, 3.8) is 0 Å². The van der Waals surface area contributed by atoms with E-state index in [1.165, 1.54) is 29.2 Å². The number of carbonyl (C=O) groups excluding carboxylic acids is 1. The molecule has 3 heterocycles. The molecule has 1 aliphatic heterocycles. The third kappa shape index (κ3) is 6.24. The molecule has 1 fully saturated rings. The number of piperazine rings is 1. The number of ether oxygens (including phenoxy) is 1. The van der Waals surface area contributed by atoms with Crippen LogP contribution in [0.2, 0.25) is 0 Å². The fourth-order valence-corrected chi connectivity index (χ4v) is 5.09. The molecule has 16 heteroatoms. The van der Waals surface area contributed by atoms with Crippen LogP contribution >= 0.6 is 11.3 Å². The number of anilines is 2. The number of rotatable bonds is 5. The second-order valence-electron chi connectivity index (χ2n) is 8.73. The number of carboxylic acid groups (broad SMARTS) is 1. The molecule has 40 heavy (non-hydrogen) atoms. The normalized spacial score (nSPS) is 15.6. The minimum absolute atomic E-state index is 0.0242. The van der Waals surface area contributed by atoms with E-state index in [2.05, 4.69) is 25.6 Å². The van der Waals surface area contributed by atoms with Gasteiger partial charge in [0.2, 0.25) is 0 Å². The zero-order chi connectivity index (χ0) is 29.2. The molecule has 0 bridgehead atoms. The predicted octanol–water partition coefficient (Wildman–Crippen LogP) is 2.99. The Kier molecular flexibility index (Phi) is 8.41. The second kappa shape index (κ2) is 11.6. The summed E-state index contributed by atoms with van der Waals surface area (Å²) in [7, 11) is 3.25. The SMILES string of the molecule is COc1nc2c(C(=O)Nc3cc(F)c4nn(C)cc4c3)ccc(N3CCN[C@@H](CO)C3)c2s1.O=C(O)C(F)(F)F. The Balaban J connectivity index is 0.000000470. The number of aliphatic carboxylic acids is 1. The van der Waals surface area contributed by atoms with Gasteiger partial charge in [0.25, 0.3) is 11.1 Å². The van der Waals surface area contributed by atoms with Gasteiger partial charge < -0.3 is 30.5 Å². The number of fused-ring (bicyclic) bond motifs is 2. The molecule has 2 aromatic carbocycles. The van der Waals surface area contributed by atoms with Gasteiger partial charge >= 0.3 is 12.1 Å². The number of halogens is 4. The first kappa shape index (κ1) is 29.0. The highest BCUT2D eigenvalue weighted by Gasteiger charge is 2.38. The molecular weight excluding hydrogens is 560 g/mol. The molecule has 2 aromatic heterocycles. The highest BCUT2D eigenvalue weighted by Crippen LogP contribution is 2.38. The Morgan fingerprint density at radius 2 is 2.00 bits per heavy atom. The van der Waals surface area contributed by atoms with E-state index < -0.39 is 23.9 Å². The van der Waals surface area contributed by atoms with Crippen molar-refractivity contribution >= 4 is 55.7 Å². The lowest BCUT2D eigenvalue weighted by molar-refractivity contribution is -0.192. The maximum absolute atomic E-state index is 14.5. The van der Waals surface area contributed by atoms with Crippen LogP contribution in [0.15, 0.2) is 30.5 Å². The van der Waals surface area contributed by atoms with Gasteiger partial charge in [0.05, 0.1) is 29.7 Å². The van der Waals surface area contributed by atoms with Crippen LogP contribution in [0.25, 0.3) is 21.1 Å². The van der Waals surface area contributed by atoms with Gasteiger partial charge in [-0.3, -0.25) is 9.48 Å². The Morgan fingerprint density at radius 3 is 2.65 bits per heavy atom. The lowest BCUT2D eigenvalue weighted by Gasteiger charge is -2.34. The highest BCUT2D eigenvalue weighted by atomic mass is 32.1. The standard InChI is InChI=1S/C22H23FN6O3S.C2HF3O2/c1-28-9-12-7-13(8-16(23)18(12)27-28)25-21(31)15-3-4-17(20-19(15)26-22(32-2)33-20)29-6-5-24-14(10-29)11-30;3-2(4,5)1(6)7/h3-4,7-9,14,24,30H,5-6,10-11H2,1-2H3,(H,25,31);(H,6,7)/t14-;/m1./s1. The van der Waals surface area contributed by atoms with Crippen molar-refractivity contribution in [3.8, 4) is 5.19 Å². The maximum Gasteiger partial charge on any atom is 0.490 e. The summed E-state index contributed by atoms with van der Waals surface area (Å²) in [6.07, 6.45) is -3.39. The van der Waals surface area contributed by atoms with Crippen LogP contribution in [0.4, 0.5) is 28.9 Å². The predicted molar refractivity (Wildman–Crippen MR) is 140 cm³/mol. The Hall–Kier alpha value is -4.02. The number of alkyl halides is 3. The van der Waals surface area contributed by atoms with Gasteiger partial charge in [0.1, 0.15) is 11.0 Å². The quantitative estimate of drug-likeness (QED) is 0.261. The summed E-state index contributed by atoms with van der Waals surface area (Å²) >= 11 is 1.36. The molecule has 1 amide bonds. The van der Waals surface area contributed by atoms with E-state index >= 15 is 0 Å². The number of nitrogens with one attached hydrogen (secondary N) is 2. The number of methoxy groups -OCH3 is 1. The average Bonchev–Trinajstić information content (AvgIpc) is 3.51. The summed E-state index contributed by atoms with van der Waals surface area (Å²) in [5.41, 5.74) is 2.42. The van der Waals surface area contributed by atoms with Crippen LogP contribution in [-0.4, -0.2) is 82.4 Å². The zero-order valence-corrected chi connectivity index (χ0v) is 21.9. The molecule has 0 saturated carbocycles. The molecule has 0 radical (unpaired) electrons. The zero-order valence-electron chi connectivity index (χ0n) is 21.1. The molecule has 1 saturated heterocycles. The largest absolute Gasteiger partial charge is 0.490 e. The average molecular weight is 585 g/mol. The second-order valence-corrected chi connectivity index (χ2v) is 9.69. The Labute approximate surface area is 228 Å². The monoisotopic (exact) mass is 584 g/mol. The van der Waals surface area contributed by atoms with Crippen molar-refractivity contribution in [2.45, 2.75) is 12.2 Å². The van der Waals surface area contributed by atoms with Crippen LogP contribution in [0.1, 0.15) is 10.4 Å². The lowest BCUT2D eigenvalue weighted by Crippen LogP contribution is -2.52. The number of hydrogen-bond acceptors (Lipinski definition) is 9. The summed E-state index contributed by atoms with van der Waals surface area (Å²) in [5.74, 6) is -3.65. The number of hydrogen-bond donors (Lipinski definition) is 4. The third-order valence-electron chi connectivity index (χ3n) is 5.92. The molecule has 214 valence electrons. The van der Waals surface area contributed by atoms with Gasteiger partial charge in [0, 0.05) is 50.0 Å². The molecular formula is C24H24F4N6O5S. The van der Waals surface area contributed by atoms with Crippen LogP contribution in [-0.2, 0) is 11.8 Å². The van der Waals surface area contributed by atoms with Gasteiger partial charge in [-0.2, -0.15) is 18.3 Å². The van der Waals surface area contributed by atoms with Crippen molar-refractivity contribution in [3.05, 3.63) is 41.8 Å². The number of aryl methyl sites for hydroxylation is 1. The van der Waals surface area contributed by atoms with Crippen LogP contribution in [0.3, 0.4) is 0 Å². The fourth-order valence-electron chi connectivity index (χ4n) is 4.14. The minimum Gasteiger partial charge on any atom is -0.475 e. The van der Waals surface area contributed by atoms with E-state index in [9.17, 15) is 27.5 Å². The molecule has 4 aromatic rings. The molecule has 0 unspecified atom stereocenters. The number of aliphatic hydroxyl groups is 1. The van der Waals surface area contributed by atoms with E-state index in [0.29, 0.717) is 33.9 Å². The van der Waals surface area contributed by atoms with Crippen LogP contribution < -0.4 is 20.3 Å². The van der Waals surface area contributed by atoms with Crippen molar-refractivity contribution in [1.82, 2.24) is 20.1 Å². The Bertz CT molecular complexity index is 1560. The van der Waals surface area contributed by atoms with Gasteiger partial charge in [-0.05, 0) is 24.3 Å². The van der Waals surface area contributed by atoms with Gasteiger partial charge in [0.15, 0.2) is 5.82 Å². The molecule has 1 aliphatic rings. The van der Waals surface area contributed by atoms with E-state index in [4.69, 9.17) is 14.6 Å². The molecule has 11 nitrogen and oxygen atoms in total. The van der Waals surface area contributed by atoms with Crippen molar-refractivity contribution in [2.75, 3.05) is 43.6 Å². The summed E-state index contributed by atoms with van der Waals surface area (Å²) < 4.78 is 53.9. The summed E-state index contributed by atoms with van der Waals surface area (Å²) in [4.78, 5) is 28.8. The van der Waals surface area contributed by atoms with E-state index in [1.807, 2.05) is 6.07 Å². The van der Waals surface area contributed by atoms with Gasteiger partial charge in [-0.15, -0.1) is 0 Å². The number of thiazole rings is 1. The first-order valence-corrected chi connectivity index (χ1v) is 12.5. The molecule has 4 N–H and O–H groups in total. The number of amides is 1. The first-order chi connectivity index (χ1) is 18.9. The van der Waals surface area contributed by atoms with E-state index in [1.54, 1.807) is 25.4 Å². The van der Waals surface area contributed by atoms with Gasteiger partial charge in [-0.1, -0.05) is 11.3 Å². The Morgan fingerprint density at radius 1 is 1.27 bits per heavy atom. The van der Waals surface area contributed by atoms with Crippen molar-refractivity contribution < 1.29 is 42.1 Å². The van der Waals surface area contributed by atoms with Crippen LogP contribution in [0, 0.1) is 5.82 Å². The van der Waals surface area contributed by atoms with Crippen LogP contribution in [0.5, 0.6) is 5.19 Å². The number of benzene rings is 2. The summed E-state index contributed by atoms with van der Waals surface area (Å²) in [5, 5.41) is 27.9. The molecule has 0 aliphatic carbocycles. The highest BCUT2D eigenvalue weighted by molar-refractivity contribution is 7.21. The third-order valence-corrected chi connectivity index (χ3v) is 6.96. The number of nitrogens with zero attached hydrogens (tertiary/aromatic N) is 4. The lowest BCUT2D eigenvalue weighted by atomic mass is 10.1. The smallest absolute Gasteiger partial charge is 0.475 e. The van der Waals surface area contributed by atoms with Crippen molar-refractivity contribution in [2.24, 2.45) is 7.05 Å². The van der Waals surface area contributed by atoms with E-state index in [-0.39, 0.29) is 18.2 Å². The molecule has 1 atom stereocenters. The number of aromatic nitrogens is 3. The van der Waals surface area contributed by atoms with Gasteiger partial charge in [-0.25, -0.2) is 14.2 Å². The molecule has 5 rings (SSSR count).